The number of aliphatic hydroxyl groups is 1. The Labute approximate surface area is 119 Å². The smallest absolute Gasteiger partial charge is 0.0897 e. The maximum atomic E-state index is 11.2. The van der Waals surface area contributed by atoms with Crippen molar-refractivity contribution in [2.24, 2.45) is 5.92 Å². The van der Waals surface area contributed by atoms with Crippen molar-refractivity contribution in [3.8, 4) is 0 Å². The van der Waals surface area contributed by atoms with Crippen molar-refractivity contribution in [3.05, 3.63) is 0 Å². The summed E-state index contributed by atoms with van der Waals surface area (Å²) >= 11 is 0. The van der Waals surface area contributed by atoms with Gasteiger partial charge in [0.1, 0.15) is 0 Å². The van der Waals surface area contributed by atoms with Crippen LogP contribution in [0.3, 0.4) is 0 Å². The molecule has 0 aromatic heterocycles. The molecule has 0 saturated heterocycles. The maximum Gasteiger partial charge on any atom is 0.0897 e. The number of aliphatic hydroxyl groups excluding tert-OH is 1. The Morgan fingerprint density at radius 1 is 1.42 bits per heavy atom. The van der Waals surface area contributed by atoms with Crippen LogP contribution in [0.25, 0.3) is 0 Å². The molecule has 0 heterocycles. The van der Waals surface area contributed by atoms with Gasteiger partial charge in [-0.15, -0.1) is 0 Å². The zero-order valence-electron chi connectivity index (χ0n) is 12.3. The van der Waals surface area contributed by atoms with Crippen LogP contribution in [0, 0.1) is 5.92 Å². The topological polar surface area (TPSA) is 58.6 Å². The van der Waals surface area contributed by atoms with Gasteiger partial charge in [-0.3, -0.25) is 4.21 Å². The van der Waals surface area contributed by atoms with E-state index in [1.807, 2.05) is 6.92 Å². The van der Waals surface area contributed by atoms with Crippen molar-refractivity contribution >= 4 is 10.8 Å². The monoisotopic (exact) mass is 291 g/mol. The van der Waals surface area contributed by atoms with Gasteiger partial charge >= 0.3 is 0 Å². The normalized spacial score (nSPS) is 27.1. The highest BCUT2D eigenvalue weighted by molar-refractivity contribution is 7.84. The fraction of sp³-hybridized carbons (Fsp3) is 1.00. The highest BCUT2D eigenvalue weighted by atomic mass is 32.2. The summed E-state index contributed by atoms with van der Waals surface area (Å²) in [6.45, 7) is 5.76. The van der Waals surface area contributed by atoms with E-state index in [2.05, 4.69) is 12.2 Å². The second kappa shape index (κ2) is 9.86. The van der Waals surface area contributed by atoms with E-state index in [0.717, 1.165) is 6.42 Å². The molecule has 1 saturated carbocycles. The van der Waals surface area contributed by atoms with E-state index in [1.54, 1.807) is 0 Å². The highest BCUT2D eigenvalue weighted by Crippen LogP contribution is 2.26. The second-order valence-corrected chi connectivity index (χ2v) is 7.29. The van der Waals surface area contributed by atoms with E-state index in [4.69, 9.17) is 4.74 Å². The summed E-state index contributed by atoms with van der Waals surface area (Å²) in [7, 11) is -0.729. The van der Waals surface area contributed by atoms with Gasteiger partial charge in [0.25, 0.3) is 0 Å². The van der Waals surface area contributed by atoms with Crippen molar-refractivity contribution in [2.75, 3.05) is 31.2 Å². The molecule has 5 heteroatoms. The summed E-state index contributed by atoms with van der Waals surface area (Å²) in [4.78, 5) is 0. The first-order valence-electron chi connectivity index (χ1n) is 7.48. The lowest BCUT2D eigenvalue weighted by Gasteiger charge is -2.29. The third kappa shape index (κ3) is 7.40. The van der Waals surface area contributed by atoms with E-state index >= 15 is 0 Å². The molecule has 0 spiro atoms. The Kier molecular flexibility index (Phi) is 8.86. The van der Waals surface area contributed by atoms with Crippen LogP contribution in [-0.2, 0) is 15.5 Å². The molecule has 0 aromatic carbocycles. The lowest BCUT2D eigenvalue weighted by atomic mass is 9.88. The summed E-state index contributed by atoms with van der Waals surface area (Å²) in [6, 6.07) is 0. The van der Waals surface area contributed by atoms with Crippen molar-refractivity contribution < 1.29 is 14.1 Å². The minimum Gasteiger partial charge on any atom is -0.389 e. The van der Waals surface area contributed by atoms with E-state index in [0.29, 0.717) is 43.2 Å². The lowest BCUT2D eigenvalue weighted by Crippen LogP contribution is -2.35. The molecule has 1 fully saturated rings. The van der Waals surface area contributed by atoms with Crippen LogP contribution in [-0.4, -0.2) is 52.7 Å². The van der Waals surface area contributed by atoms with Crippen molar-refractivity contribution in [1.29, 1.82) is 0 Å². The average Bonchev–Trinajstić information content (AvgIpc) is 2.42. The van der Waals surface area contributed by atoms with Crippen LogP contribution in [0.4, 0.5) is 0 Å². The Hall–Kier alpha value is 0.0300. The second-order valence-electron chi connectivity index (χ2n) is 5.42. The number of hydrogen-bond donors (Lipinski definition) is 2. The van der Waals surface area contributed by atoms with Gasteiger partial charge in [0.2, 0.25) is 0 Å². The quantitative estimate of drug-likeness (QED) is 0.629. The number of rotatable bonds is 9. The summed E-state index contributed by atoms with van der Waals surface area (Å²) in [5.41, 5.74) is 0. The SMILES string of the molecule is CCS(=O)CCNCC(O)COC1CCCCC1C. The van der Waals surface area contributed by atoms with Gasteiger partial charge in [0.05, 0.1) is 18.8 Å². The number of nitrogens with one attached hydrogen (secondary N) is 1. The molecule has 2 N–H and O–H groups in total. The Bertz CT molecular complexity index is 263. The van der Waals surface area contributed by atoms with Crippen molar-refractivity contribution in [2.45, 2.75) is 51.7 Å². The summed E-state index contributed by atoms with van der Waals surface area (Å²) in [6.07, 6.45) is 4.75. The third-order valence-corrected chi connectivity index (χ3v) is 5.05. The zero-order valence-corrected chi connectivity index (χ0v) is 13.1. The fourth-order valence-electron chi connectivity index (χ4n) is 2.42. The first kappa shape index (κ1) is 17.1. The minimum atomic E-state index is -0.729. The zero-order chi connectivity index (χ0) is 14.1. The van der Waals surface area contributed by atoms with Crippen LogP contribution in [0.1, 0.15) is 39.5 Å². The van der Waals surface area contributed by atoms with E-state index < -0.39 is 16.9 Å². The largest absolute Gasteiger partial charge is 0.389 e. The van der Waals surface area contributed by atoms with Crippen LogP contribution in [0.15, 0.2) is 0 Å². The highest BCUT2D eigenvalue weighted by Gasteiger charge is 2.22. The summed E-state index contributed by atoms with van der Waals surface area (Å²) < 4.78 is 17.0. The van der Waals surface area contributed by atoms with Gasteiger partial charge in [0.15, 0.2) is 0 Å². The average molecular weight is 291 g/mol. The third-order valence-electron chi connectivity index (χ3n) is 3.74. The van der Waals surface area contributed by atoms with E-state index in [9.17, 15) is 9.32 Å². The van der Waals surface area contributed by atoms with Gasteiger partial charge in [-0.1, -0.05) is 26.7 Å². The number of hydrogen-bond acceptors (Lipinski definition) is 4. The maximum absolute atomic E-state index is 11.2. The van der Waals surface area contributed by atoms with Crippen molar-refractivity contribution in [1.82, 2.24) is 5.32 Å². The predicted octanol–water partition coefficient (Wildman–Crippen LogP) is 1.30. The van der Waals surface area contributed by atoms with Crippen LogP contribution >= 0.6 is 0 Å². The molecule has 1 aliphatic carbocycles. The number of ether oxygens (including phenoxy) is 1. The van der Waals surface area contributed by atoms with Crippen LogP contribution in [0.2, 0.25) is 0 Å². The molecular weight excluding hydrogens is 262 g/mol. The van der Waals surface area contributed by atoms with Crippen molar-refractivity contribution in [3.63, 3.8) is 0 Å². The van der Waals surface area contributed by atoms with Gasteiger partial charge in [-0.25, -0.2) is 0 Å². The Morgan fingerprint density at radius 2 is 2.16 bits per heavy atom. The molecule has 1 aliphatic rings. The van der Waals surface area contributed by atoms with E-state index in [1.165, 1.54) is 19.3 Å². The molecule has 4 nitrogen and oxygen atoms in total. The lowest BCUT2D eigenvalue weighted by molar-refractivity contribution is -0.0450. The van der Waals surface area contributed by atoms with E-state index in [-0.39, 0.29) is 0 Å². The predicted molar refractivity (Wildman–Crippen MR) is 79.8 cm³/mol. The van der Waals surface area contributed by atoms with Crippen LogP contribution < -0.4 is 5.32 Å². The molecule has 0 aromatic rings. The van der Waals surface area contributed by atoms with Gasteiger partial charge in [0, 0.05) is 35.4 Å². The molecule has 4 unspecified atom stereocenters. The first-order valence-corrected chi connectivity index (χ1v) is 8.97. The van der Waals surface area contributed by atoms with Gasteiger partial charge in [-0.05, 0) is 18.8 Å². The standard InChI is InChI=1S/C14H29NO3S/c1-3-19(17)9-8-15-10-13(16)11-18-14-7-5-4-6-12(14)2/h12-16H,3-11H2,1-2H3. The minimum absolute atomic E-state index is 0.316. The first-order chi connectivity index (χ1) is 9.13. The molecule has 0 amide bonds. The molecule has 0 aliphatic heterocycles. The Morgan fingerprint density at radius 3 is 2.84 bits per heavy atom. The molecule has 4 atom stereocenters. The molecule has 1 rings (SSSR count). The molecule has 0 bridgehead atoms. The van der Waals surface area contributed by atoms with Crippen LogP contribution in [0.5, 0.6) is 0 Å². The summed E-state index contributed by atoms with van der Waals surface area (Å²) in [5.74, 6) is 1.97. The molecule has 19 heavy (non-hydrogen) atoms. The fourth-order valence-corrected chi connectivity index (χ4v) is 3.08. The van der Waals surface area contributed by atoms with Gasteiger partial charge < -0.3 is 15.2 Å². The molecular formula is C14H29NO3S. The molecule has 114 valence electrons. The summed E-state index contributed by atoms with van der Waals surface area (Å²) in [5, 5.41) is 13.0. The van der Waals surface area contributed by atoms with Gasteiger partial charge in [-0.2, -0.15) is 0 Å². The molecule has 0 radical (unpaired) electrons. The Balaban J connectivity index is 2.04.